The summed E-state index contributed by atoms with van der Waals surface area (Å²) in [5.74, 6) is 0.919. The fraction of sp³-hybridized carbons (Fsp3) is 0.733. The first-order chi connectivity index (χ1) is 9.15. The Morgan fingerprint density at radius 2 is 1.84 bits per heavy atom. The van der Waals surface area contributed by atoms with Gasteiger partial charge >= 0.3 is 0 Å². The largest absolute Gasteiger partial charge is 0.341 e. The van der Waals surface area contributed by atoms with Gasteiger partial charge < -0.3 is 10.2 Å². The van der Waals surface area contributed by atoms with Crippen molar-refractivity contribution in [1.82, 2.24) is 15.3 Å². The van der Waals surface area contributed by atoms with Gasteiger partial charge in [0.1, 0.15) is 0 Å². The Bertz CT molecular complexity index is 395. The summed E-state index contributed by atoms with van der Waals surface area (Å²) in [4.78, 5) is 11.7. The van der Waals surface area contributed by atoms with Gasteiger partial charge in [0.05, 0.1) is 5.69 Å². The van der Waals surface area contributed by atoms with Crippen LogP contribution in [0.2, 0.25) is 0 Å². The fourth-order valence-electron chi connectivity index (χ4n) is 2.43. The van der Waals surface area contributed by atoms with Crippen LogP contribution in [0, 0.1) is 6.92 Å². The first-order valence-corrected chi connectivity index (χ1v) is 7.48. The van der Waals surface area contributed by atoms with Gasteiger partial charge in [0.15, 0.2) is 0 Å². The lowest BCUT2D eigenvalue weighted by Gasteiger charge is -2.21. The summed E-state index contributed by atoms with van der Waals surface area (Å²) >= 11 is 0. The van der Waals surface area contributed by atoms with Gasteiger partial charge in [-0.25, -0.2) is 9.97 Å². The third-order valence-electron chi connectivity index (χ3n) is 3.48. The SMILES string of the molecule is Cc1cc(CNC(C)C)nc(N2CCCCCC2)n1. The molecule has 19 heavy (non-hydrogen) atoms. The van der Waals surface area contributed by atoms with E-state index in [-0.39, 0.29) is 0 Å². The van der Waals surface area contributed by atoms with E-state index in [1.54, 1.807) is 0 Å². The monoisotopic (exact) mass is 262 g/mol. The van der Waals surface area contributed by atoms with Crippen LogP contribution in [-0.2, 0) is 6.54 Å². The standard InChI is InChI=1S/C15H26N4/c1-12(2)16-11-14-10-13(3)17-15(18-14)19-8-6-4-5-7-9-19/h10,12,16H,4-9,11H2,1-3H3. The van der Waals surface area contributed by atoms with Crippen LogP contribution in [0.5, 0.6) is 0 Å². The molecule has 0 aromatic carbocycles. The Morgan fingerprint density at radius 3 is 2.47 bits per heavy atom. The Hall–Kier alpha value is -1.16. The van der Waals surface area contributed by atoms with E-state index in [2.05, 4.69) is 42.0 Å². The van der Waals surface area contributed by atoms with Crippen molar-refractivity contribution in [3.8, 4) is 0 Å². The molecule has 1 N–H and O–H groups in total. The van der Waals surface area contributed by atoms with Crippen LogP contribution in [0.3, 0.4) is 0 Å². The van der Waals surface area contributed by atoms with E-state index < -0.39 is 0 Å². The predicted octanol–water partition coefficient (Wildman–Crippen LogP) is 2.66. The number of aryl methyl sites for hydroxylation is 1. The van der Waals surface area contributed by atoms with Gasteiger partial charge in [-0.15, -0.1) is 0 Å². The second-order valence-electron chi connectivity index (χ2n) is 5.74. The second-order valence-corrected chi connectivity index (χ2v) is 5.74. The van der Waals surface area contributed by atoms with Crippen molar-refractivity contribution in [3.05, 3.63) is 17.5 Å². The highest BCUT2D eigenvalue weighted by Gasteiger charge is 2.13. The molecule has 0 radical (unpaired) electrons. The molecule has 1 aliphatic heterocycles. The normalized spacial score (nSPS) is 16.7. The first kappa shape index (κ1) is 14.3. The van der Waals surface area contributed by atoms with Gasteiger partial charge in [-0.2, -0.15) is 0 Å². The topological polar surface area (TPSA) is 41.1 Å². The van der Waals surface area contributed by atoms with Gasteiger partial charge in [-0.3, -0.25) is 0 Å². The zero-order valence-electron chi connectivity index (χ0n) is 12.4. The lowest BCUT2D eigenvalue weighted by molar-refractivity contribution is 0.579. The summed E-state index contributed by atoms with van der Waals surface area (Å²) < 4.78 is 0. The highest BCUT2D eigenvalue weighted by molar-refractivity contribution is 5.32. The van der Waals surface area contributed by atoms with Crippen LogP contribution in [0.15, 0.2) is 6.07 Å². The molecule has 0 bridgehead atoms. The lowest BCUT2D eigenvalue weighted by atomic mass is 10.2. The summed E-state index contributed by atoms with van der Waals surface area (Å²) in [7, 11) is 0. The molecule has 0 amide bonds. The molecule has 4 heteroatoms. The third-order valence-corrected chi connectivity index (χ3v) is 3.48. The summed E-state index contributed by atoms with van der Waals surface area (Å²) in [5.41, 5.74) is 2.16. The van der Waals surface area contributed by atoms with Crippen LogP contribution < -0.4 is 10.2 Å². The maximum Gasteiger partial charge on any atom is 0.225 e. The van der Waals surface area contributed by atoms with Crippen LogP contribution >= 0.6 is 0 Å². The Morgan fingerprint density at radius 1 is 1.16 bits per heavy atom. The lowest BCUT2D eigenvalue weighted by Crippen LogP contribution is -2.28. The minimum Gasteiger partial charge on any atom is -0.341 e. The van der Waals surface area contributed by atoms with E-state index in [9.17, 15) is 0 Å². The van der Waals surface area contributed by atoms with E-state index in [0.29, 0.717) is 6.04 Å². The number of aromatic nitrogens is 2. The quantitative estimate of drug-likeness (QED) is 0.905. The van der Waals surface area contributed by atoms with E-state index in [1.807, 2.05) is 0 Å². The Balaban J connectivity index is 2.10. The maximum atomic E-state index is 4.72. The number of nitrogens with one attached hydrogen (secondary N) is 1. The molecule has 0 saturated carbocycles. The van der Waals surface area contributed by atoms with E-state index in [4.69, 9.17) is 4.98 Å². The van der Waals surface area contributed by atoms with Crippen molar-refractivity contribution < 1.29 is 0 Å². The molecule has 0 spiro atoms. The second kappa shape index (κ2) is 6.85. The summed E-state index contributed by atoms with van der Waals surface area (Å²) in [5, 5.41) is 3.42. The van der Waals surface area contributed by atoms with E-state index in [0.717, 1.165) is 37.0 Å². The number of hydrogen-bond donors (Lipinski definition) is 1. The van der Waals surface area contributed by atoms with Crippen LogP contribution in [0.25, 0.3) is 0 Å². The zero-order chi connectivity index (χ0) is 13.7. The van der Waals surface area contributed by atoms with Crippen LogP contribution in [-0.4, -0.2) is 29.1 Å². The van der Waals surface area contributed by atoms with Crippen molar-refractivity contribution >= 4 is 5.95 Å². The molecule has 2 rings (SSSR count). The minimum absolute atomic E-state index is 0.483. The number of nitrogens with zero attached hydrogens (tertiary/aromatic N) is 3. The molecule has 1 aromatic rings. The van der Waals surface area contributed by atoms with Crippen LogP contribution in [0.4, 0.5) is 5.95 Å². The van der Waals surface area contributed by atoms with E-state index in [1.165, 1.54) is 25.7 Å². The molecular formula is C15H26N4. The van der Waals surface area contributed by atoms with E-state index >= 15 is 0 Å². The predicted molar refractivity (Wildman–Crippen MR) is 79.4 cm³/mol. The molecule has 0 aliphatic carbocycles. The molecule has 1 aliphatic rings. The van der Waals surface area contributed by atoms with Gasteiger partial charge in [0.2, 0.25) is 5.95 Å². The fourth-order valence-corrected chi connectivity index (χ4v) is 2.43. The Labute approximate surface area is 116 Å². The molecule has 1 fully saturated rings. The Kier molecular flexibility index (Phi) is 5.14. The molecular weight excluding hydrogens is 236 g/mol. The summed E-state index contributed by atoms with van der Waals surface area (Å²) in [6.07, 6.45) is 5.20. The highest BCUT2D eigenvalue weighted by Crippen LogP contribution is 2.16. The van der Waals surface area contributed by atoms with Crippen molar-refractivity contribution in [2.45, 2.75) is 59.0 Å². The molecule has 2 heterocycles. The molecule has 0 unspecified atom stereocenters. The minimum atomic E-state index is 0.483. The van der Waals surface area contributed by atoms with Crippen molar-refractivity contribution in [1.29, 1.82) is 0 Å². The highest BCUT2D eigenvalue weighted by atomic mass is 15.2. The smallest absolute Gasteiger partial charge is 0.225 e. The van der Waals surface area contributed by atoms with Crippen molar-refractivity contribution in [2.24, 2.45) is 0 Å². The van der Waals surface area contributed by atoms with Crippen molar-refractivity contribution in [3.63, 3.8) is 0 Å². The molecule has 4 nitrogen and oxygen atoms in total. The van der Waals surface area contributed by atoms with Crippen LogP contribution in [0.1, 0.15) is 50.9 Å². The number of hydrogen-bond acceptors (Lipinski definition) is 4. The summed E-state index contributed by atoms with van der Waals surface area (Å²) in [6.45, 7) is 9.39. The maximum absolute atomic E-state index is 4.72. The van der Waals surface area contributed by atoms with Gasteiger partial charge in [-0.1, -0.05) is 26.7 Å². The third kappa shape index (κ3) is 4.46. The zero-order valence-corrected chi connectivity index (χ0v) is 12.4. The molecule has 106 valence electrons. The number of rotatable bonds is 4. The average Bonchev–Trinajstić information content (AvgIpc) is 2.64. The molecule has 1 saturated heterocycles. The average molecular weight is 262 g/mol. The first-order valence-electron chi connectivity index (χ1n) is 7.48. The summed E-state index contributed by atoms with van der Waals surface area (Å²) in [6, 6.07) is 2.56. The number of anilines is 1. The van der Waals surface area contributed by atoms with Gasteiger partial charge in [0, 0.05) is 31.4 Å². The molecule has 0 atom stereocenters. The van der Waals surface area contributed by atoms with Gasteiger partial charge in [0.25, 0.3) is 0 Å². The molecule has 1 aromatic heterocycles. The van der Waals surface area contributed by atoms with Crippen molar-refractivity contribution in [2.75, 3.05) is 18.0 Å². The van der Waals surface area contributed by atoms with Gasteiger partial charge in [-0.05, 0) is 25.8 Å².